The molecule has 0 bridgehead atoms. The lowest BCUT2D eigenvalue weighted by Crippen LogP contribution is -2.28. The Balaban J connectivity index is 4.89. The van der Waals surface area contributed by atoms with Crippen molar-refractivity contribution in [3.8, 4) is 0 Å². The fourth-order valence-corrected chi connectivity index (χ4v) is 4.47. The summed E-state index contributed by atoms with van der Waals surface area (Å²) < 4.78 is 18.6. The van der Waals surface area contributed by atoms with E-state index in [4.69, 9.17) is 16.0 Å². The first-order valence-electron chi connectivity index (χ1n) is 15.5. The largest absolute Gasteiger partial charge is 0.481 e. The number of hydrogen-bond donors (Lipinski definition) is 2. The second-order valence-corrected chi connectivity index (χ2v) is 10.5. The predicted molar refractivity (Wildman–Crippen MR) is 147 cm³/mol. The summed E-state index contributed by atoms with van der Waals surface area (Å²) in [6.45, 7) is 6.44. The van der Waals surface area contributed by atoms with Gasteiger partial charge in [-0.3, -0.25) is 14.4 Å². The number of carbonyl (C=O) groups excluding carboxylic acids is 2. The lowest BCUT2D eigenvalue weighted by molar-refractivity contribution is -0.160. The van der Waals surface area contributed by atoms with Crippen molar-refractivity contribution in [1.29, 1.82) is 1.43 Å². The zero-order valence-electron chi connectivity index (χ0n) is 25.0. The van der Waals surface area contributed by atoms with E-state index in [2.05, 4.69) is 20.8 Å². The molecule has 7 nitrogen and oxygen atoms in total. The number of carboxylic acid groups (broad SMARTS) is 1. The Kier molecular flexibility index (Phi) is 22.3. The average Bonchev–Trinajstić information content (AvgIpc) is 2.87. The molecular formula is C30H56O7. The van der Waals surface area contributed by atoms with E-state index in [-0.39, 0.29) is 19.3 Å². The van der Waals surface area contributed by atoms with Crippen molar-refractivity contribution in [2.45, 2.75) is 174 Å². The highest BCUT2D eigenvalue weighted by Crippen LogP contribution is 2.18. The number of hydrogen-bond acceptors (Lipinski definition) is 6. The first-order valence-corrected chi connectivity index (χ1v) is 15.1. The second kappa shape index (κ2) is 24.7. The number of carboxylic acids is 1. The molecule has 0 saturated carbocycles. The standard InChI is InChI=1S/C30H56O7/c1-4-7-10-13-16-19-25(31)22-29(34)37-27(21-18-15-12-9-6-3)24-30(35)36-26(23-28(32)33)20-17-14-11-8-5-2/h25-27,31H,4-24H2,1-3H3,(H,32,33)/t25-,26-,27-/m1/s1/i31T. The quantitative estimate of drug-likeness (QED) is 0.0835. The topological polar surface area (TPSA) is 110 Å². The molecule has 0 radical (unpaired) electrons. The Morgan fingerprint density at radius 2 is 1.00 bits per heavy atom. The molecule has 7 heteroatoms. The molecule has 0 spiro atoms. The maximum absolute atomic E-state index is 12.7. The Labute approximate surface area is 227 Å². The molecule has 0 amide bonds. The van der Waals surface area contributed by atoms with Crippen LogP contribution in [-0.4, -0.2) is 47.9 Å². The van der Waals surface area contributed by atoms with Crippen LogP contribution in [0, 0.1) is 0 Å². The Morgan fingerprint density at radius 3 is 1.43 bits per heavy atom. The highest BCUT2D eigenvalue weighted by molar-refractivity contribution is 5.73. The van der Waals surface area contributed by atoms with Gasteiger partial charge in [0.15, 0.2) is 0 Å². The van der Waals surface area contributed by atoms with Gasteiger partial charge in [-0.05, 0) is 32.1 Å². The molecule has 218 valence electrons. The van der Waals surface area contributed by atoms with Crippen LogP contribution in [0.15, 0.2) is 0 Å². The first kappa shape index (κ1) is 33.4. The van der Waals surface area contributed by atoms with Crippen molar-refractivity contribution in [1.82, 2.24) is 0 Å². The summed E-state index contributed by atoms with van der Waals surface area (Å²) in [7, 11) is 0. The summed E-state index contributed by atoms with van der Waals surface area (Å²) >= 11 is 0. The van der Waals surface area contributed by atoms with Gasteiger partial charge >= 0.3 is 17.9 Å². The van der Waals surface area contributed by atoms with E-state index >= 15 is 0 Å². The molecule has 0 heterocycles. The minimum Gasteiger partial charge on any atom is -0.481 e. The third-order valence-corrected chi connectivity index (χ3v) is 6.68. The fourth-order valence-electron chi connectivity index (χ4n) is 4.47. The number of carbonyl (C=O) groups is 3. The summed E-state index contributed by atoms with van der Waals surface area (Å²) in [5.74, 6) is -1.99. The van der Waals surface area contributed by atoms with Crippen LogP contribution in [0.4, 0.5) is 0 Å². The molecule has 2 N–H and O–H groups in total. The highest BCUT2D eigenvalue weighted by atomic mass is 16.6. The van der Waals surface area contributed by atoms with Crippen molar-refractivity contribution in [2.75, 3.05) is 0 Å². The van der Waals surface area contributed by atoms with E-state index in [0.717, 1.165) is 89.9 Å². The van der Waals surface area contributed by atoms with Gasteiger partial charge in [0.25, 0.3) is 0 Å². The summed E-state index contributed by atoms with van der Waals surface area (Å²) in [6.07, 6.45) is 15.3. The molecule has 0 aromatic carbocycles. The van der Waals surface area contributed by atoms with Gasteiger partial charge in [-0.1, -0.05) is 104 Å². The first-order chi connectivity index (χ1) is 18.4. The molecule has 3 atom stereocenters. The van der Waals surface area contributed by atoms with E-state index < -0.39 is 36.2 Å². The molecule has 0 aliphatic carbocycles. The van der Waals surface area contributed by atoms with Crippen LogP contribution in [0.2, 0.25) is 0 Å². The second-order valence-electron chi connectivity index (χ2n) is 10.5. The molecule has 0 aliphatic heterocycles. The maximum atomic E-state index is 12.7. The van der Waals surface area contributed by atoms with Crippen molar-refractivity contribution in [3.05, 3.63) is 0 Å². The summed E-state index contributed by atoms with van der Waals surface area (Å²) in [6, 6.07) is 0. The van der Waals surface area contributed by atoms with Crippen LogP contribution in [0.5, 0.6) is 0 Å². The van der Waals surface area contributed by atoms with Crippen molar-refractivity contribution in [2.24, 2.45) is 0 Å². The van der Waals surface area contributed by atoms with E-state index in [0.29, 0.717) is 19.3 Å². The third-order valence-electron chi connectivity index (χ3n) is 6.68. The van der Waals surface area contributed by atoms with Gasteiger partial charge in [-0.2, -0.15) is 0 Å². The molecule has 0 unspecified atom stereocenters. The minimum atomic E-state index is -0.994. The smallest absolute Gasteiger partial charge is 0.309 e. The summed E-state index contributed by atoms with van der Waals surface area (Å²) in [4.78, 5) is 36.7. The van der Waals surface area contributed by atoms with Crippen LogP contribution in [0.25, 0.3) is 0 Å². The Bertz CT molecular complexity index is 599. The summed E-state index contributed by atoms with van der Waals surface area (Å²) in [5, 5.41) is 14.0. The number of ether oxygens (including phenoxy) is 2. The summed E-state index contributed by atoms with van der Waals surface area (Å²) in [5.41, 5.74) is 0. The number of aliphatic hydroxyl groups excluding tert-OH is 1. The highest BCUT2D eigenvalue weighted by Gasteiger charge is 2.24. The predicted octanol–water partition coefficient (Wildman–Crippen LogP) is 7.51. The maximum Gasteiger partial charge on any atom is 0.309 e. The third kappa shape index (κ3) is 23.2. The number of rotatable bonds is 27. The van der Waals surface area contributed by atoms with Crippen LogP contribution < -0.4 is 0 Å². The zero-order valence-corrected chi connectivity index (χ0v) is 24.0. The molecule has 0 rings (SSSR count). The number of aliphatic hydroxyl groups is 1. The molecule has 0 fully saturated rings. The van der Waals surface area contributed by atoms with Gasteiger partial charge < -0.3 is 19.7 Å². The SMILES string of the molecule is [3H]O[C@H](CCCCCCC)CC(=O)O[C@H](CCCCCCC)CC(=O)O[C@H](CCCCCCC)CC(=O)O. The normalized spacial score (nSPS) is 14.0. The van der Waals surface area contributed by atoms with E-state index in [1.54, 1.807) is 0 Å². The van der Waals surface area contributed by atoms with Gasteiger partial charge in [0.05, 0.1) is 25.4 Å². The minimum absolute atomic E-state index is 0.0158. The average molecular weight is 531 g/mol. The molecular weight excluding hydrogens is 472 g/mol. The number of esters is 2. The van der Waals surface area contributed by atoms with Gasteiger partial charge in [-0.25, -0.2) is 0 Å². The van der Waals surface area contributed by atoms with E-state index in [1.165, 1.54) is 6.42 Å². The van der Waals surface area contributed by atoms with Crippen LogP contribution >= 0.6 is 0 Å². The molecule has 37 heavy (non-hydrogen) atoms. The zero-order chi connectivity index (χ0) is 28.4. The lowest BCUT2D eigenvalue weighted by Gasteiger charge is -2.21. The lowest BCUT2D eigenvalue weighted by atomic mass is 10.0. The van der Waals surface area contributed by atoms with E-state index in [1.807, 2.05) is 0 Å². The number of unbranched alkanes of at least 4 members (excludes halogenated alkanes) is 12. The van der Waals surface area contributed by atoms with Gasteiger partial charge in [0, 0.05) is 0 Å². The number of aliphatic carboxylic acids is 1. The molecule has 0 aromatic rings. The van der Waals surface area contributed by atoms with Crippen LogP contribution in [-0.2, 0) is 23.9 Å². The monoisotopic (exact) mass is 530 g/mol. The molecule has 0 aromatic heterocycles. The van der Waals surface area contributed by atoms with Crippen molar-refractivity contribution >= 4 is 17.9 Å². The van der Waals surface area contributed by atoms with Gasteiger partial charge in [-0.15, -0.1) is 0 Å². The van der Waals surface area contributed by atoms with Gasteiger partial charge in [0.1, 0.15) is 12.2 Å². The molecule has 0 aliphatic rings. The van der Waals surface area contributed by atoms with Crippen LogP contribution in [0.1, 0.15) is 156 Å². The van der Waals surface area contributed by atoms with E-state index in [9.17, 15) is 19.5 Å². The Hall–Kier alpha value is -1.63. The van der Waals surface area contributed by atoms with Crippen molar-refractivity contribution in [3.63, 3.8) is 0 Å². The van der Waals surface area contributed by atoms with Crippen LogP contribution in [0.3, 0.4) is 0 Å². The van der Waals surface area contributed by atoms with Gasteiger partial charge in [0.2, 0.25) is 1.43 Å². The molecule has 0 saturated heterocycles. The van der Waals surface area contributed by atoms with Crippen molar-refractivity contribution < 1.29 is 34.1 Å². The Morgan fingerprint density at radius 1 is 0.595 bits per heavy atom. The fraction of sp³-hybridized carbons (Fsp3) is 0.900.